The first-order valence-corrected chi connectivity index (χ1v) is 11.2. The summed E-state index contributed by atoms with van der Waals surface area (Å²) in [6.07, 6.45) is 0.695. The van der Waals surface area contributed by atoms with Crippen molar-refractivity contribution in [1.29, 1.82) is 0 Å². The Hall–Kier alpha value is -2.54. The summed E-state index contributed by atoms with van der Waals surface area (Å²) in [6.45, 7) is 5.33. The van der Waals surface area contributed by atoms with Gasteiger partial charge in [0.05, 0.1) is 17.0 Å². The van der Waals surface area contributed by atoms with E-state index in [4.69, 9.17) is 4.74 Å². The van der Waals surface area contributed by atoms with Crippen molar-refractivity contribution >= 4 is 21.6 Å². The molecule has 0 aromatic heterocycles. The van der Waals surface area contributed by atoms with Gasteiger partial charge >= 0.3 is 6.09 Å². The highest BCUT2D eigenvalue weighted by atomic mass is 32.2. The minimum absolute atomic E-state index is 0.178. The van der Waals surface area contributed by atoms with Gasteiger partial charge in [0.15, 0.2) is 9.84 Å². The van der Waals surface area contributed by atoms with Crippen molar-refractivity contribution in [3.05, 3.63) is 60.2 Å². The Morgan fingerprint density at radius 3 is 2.43 bits per heavy atom. The van der Waals surface area contributed by atoms with E-state index in [9.17, 15) is 13.2 Å². The Labute approximate surface area is 166 Å². The van der Waals surface area contributed by atoms with Crippen LogP contribution in [0.25, 0.3) is 0 Å². The van der Waals surface area contributed by atoms with Crippen LogP contribution in [0.3, 0.4) is 0 Å². The normalized spacial score (nSPS) is 17.6. The number of hydrogen-bond acceptors (Lipinski definition) is 5. The lowest BCUT2D eigenvalue weighted by molar-refractivity contribution is 0.0594. The average molecular weight is 403 g/mol. The fraction of sp³-hybridized carbons (Fsp3) is 0.381. The molecule has 1 unspecified atom stereocenters. The molecular weight excluding hydrogens is 376 g/mol. The molecule has 28 heavy (non-hydrogen) atoms. The fourth-order valence-electron chi connectivity index (χ4n) is 3.38. The number of amides is 1. The average Bonchev–Trinajstić information content (AvgIpc) is 2.67. The number of anilines is 1. The third-order valence-electron chi connectivity index (χ3n) is 4.75. The number of piperazine rings is 1. The van der Waals surface area contributed by atoms with E-state index < -0.39 is 9.84 Å². The van der Waals surface area contributed by atoms with Crippen molar-refractivity contribution in [2.45, 2.75) is 30.9 Å². The van der Waals surface area contributed by atoms with Gasteiger partial charge in [-0.3, -0.25) is 4.90 Å². The van der Waals surface area contributed by atoms with Gasteiger partial charge < -0.3 is 9.64 Å². The molecule has 1 amide bonds. The molecule has 150 valence electrons. The van der Waals surface area contributed by atoms with E-state index in [1.807, 2.05) is 50.2 Å². The molecule has 0 radical (unpaired) electrons. The van der Waals surface area contributed by atoms with Crippen LogP contribution in [0, 0.1) is 0 Å². The Bertz CT molecular complexity index is 928. The zero-order valence-electron chi connectivity index (χ0n) is 16.4. The van der Waals surface area contributed by atoms with Gasteiger partial charge in [-0.15, -0.1) is 0 Å². The zero-order valence-corrected chi connectivity index (χ0v) is 17.2. The highest BCUT2D eigenvalue weighted by Crippen LogP contribution is 2.30. The van der Waals surface area contributed by atoms with Crippen LogP contribution in [0.1, 0.15) is 25.5 Å². The lowest BCUT2D eigenvalue weighted by Gasteiger charge is -2.42. The molecule has 3 rings (SSSR count). The molecule has 2 aromatic rings. The first kappa shape index (κ1) is 20.2. The molecule has 6 nitrogen and oxygen atoms in total. The van der Waals surface area contributed by atoms with Gasteiger partial charge in [-0.05, 0) is 37.6 Å². The van der Waals surface area contributed by atoms with Crippen LogP contribution in [0.2, 0.25) is 0 Å². The molecule has 1 heterocycles. The van der Waals surface area contributed by atoms with Crippen molar-refractivity contribution in [1.82, 2.24) is 4.90 Å². The van der Waals surface area contributed by atoms with E-state index >= 15 is 0 Å². The van der Waals surface area contributed by atoms with E-state index in [0.29, 0.717) is 24.5 Å². The van der Waals surface area contributed by atoms with Crippen molar-refractivity contribution in [3.63, 3.8) is 0 Å². The van der Waals surface area contributed by atoms with Crippen LogP contribution in [0.5, 0.6) is 0 Å². The summed E-state index contributed by atoms with van der Waals surface area (Å²) >= 11 is 0. The predicted octanol–water partition coefficient (Wildman–Crippen LogP) is 3.50. The first-order chi connectivity index (χ1) is 13.3. The van der Waals surface area contributed by atoms with Gasteiger partial charge in [0.1, 0.15) is 0 Å². The Morgan fingerprint density at radius 2 is 1.79 bits per heavy atom. The number of carbonyl (C=O) groups excluding carboxylic acids is 1. The van der Waals surface area contributed by atoms with Crippen molar-refractivity contribution in [3.8, 4) is 0 Å². The smallest absolute Gasteiger partial charge is 0.410 e. The van der Waals surface area contributed by atoms with Crippen LogP contribution in [-0.4, -0.2) is 51.4 Å². The number of hydrogen-bond donors (Lipinski definition) is 0. The van der Waals surface area contributed by atoms with Crippen LogP contribution >= 0.6 is 0 Å². The number of sulfone groups is 1. The summed E-state index contributed by atoms with van der Waals surface area (Å²) in [7, 11) is -3.28. The third kappa shape index (κ3) is 4.65. The van der Waals surface area contributed by atoms with Crippen LogP contribution < -0.4 is 4.90 Å². The molecule has 0 N–H and O–H groups in total. The molecule has 0 spiro atoms. The molecule has 1 aliphatic rings. The molecule has 0 aliphatic carbocycles. The molecule has 1 atom stereocenters. The van der Waals surface area contributed by atoms with Crippen molar-refractivity contribution in [2.75, 3.05) is 30.8 Å². The lowest BCUT2D eigenvalue weighted by Crippen LogP contribution is -2.51. The van der Waals surface area contributed by atoms with Gasteiger partial charge in [0.25, 0.3) is 0 Å². The van der Waals surface area contributed by atoms with E-state index in [2.05, 4.69) is 4.90 Å². The second-order valence-electron chi connectivity index (χ2n) is 7.27. The Kier molecular flexibility index (Phi) is 5.93. The number of benzene rings is 2. The number of carbonyl (C=O) groups is 1. The quantitative estimate of drug-likeness (QED) is 0.783. The number of nitrogens with zero attached hydrogens (tertiary/aromatic N) is 2. The summed E-state index contributed by atoms with van der Waals surface area (Å²) in [5.41, 5.74) is 1.85. The summed E-state index contributed by atoms with van der Waals surface area (Å²) in [5, 5.41) is 0. The van der Waals surface area contributed by atoms with E-state index in [1.54, 1.807) is 23.1 Å². The van der Waals surface area contributed by atoms with E-state index in [0.717, 1.165) is 11.3 Å². The van der Waals surface area contributed by atoms with Crippen molar-refractivity contribution < 1.29 is 17.9 Å². The maximum Gasteiger partial charge on any atom is 0.410 e. The van der Waals surface area contributed by atoms with Crippen LogP contribution in [-0.2, 0) is 14.6 Å². The number of rotatable bonds is 4. The van der Waals surface area contributed by atoms with E-state index in [-0.39, 0.29) is 18.2 Å². The highest BCUT2D eigenvalue weighted by molar-refractivity contribution is 7.90. The zero-order chi connectivity index (χ0) is 20.3. The Balaban J connectivity index is 1.90. The van der Waals surface area contributed by atoms with Crippen LogP contribution in [0.15, 0.2) is 59.5 Å². The van der Waals surface area contributed by atoms with Gasteiger partial charge in [0, 0.05) is 31.6 Å². The molecular formula is C21H26N2O4S. The maximum atomic E-state index is 12.6. The SMILES string of the molecule is CC(C)OC(=O)N1CCN(c2cccc(S(C)(=O)=O)c2)CC1c1ccccc1. The molecule has 2 aromatic carbocycles. The summed E-state index contributed by atoms with van der Waals surface area (Å²) in [5.74, 6) is 0. The molecule has 1 saturated heterocycles. The van der Waals surface area contributed by atoms with Gasteiger partial charge in [0.2, 0.25) is 0 Å². The molecule has 1 aliphatic heterocycles. The summed E-state index contributed by atoms with van der Waals surface area (Å²) < 4.78 is 29.3. The minimum Gasteiger partial charge on any atom is -0.447 e. The third-order valence-corrected chi connectivity index (χ3v) is 5.86. The topological polar surface area (TPSA) is 66.9 Å². The van der Waals surface area contributed by atoms with Crippen molar-refractivity contribution in [2.24, 2.45) is 0 Å². The van der Waals surface area contributed by atoms with Gasteiger partial charge in [-0.2, -0.15) is 0 Å². The fourth-order valence-corrected chi connectivity index (χ4v) is 4.04. The summed E-state index contributed by atoms with van der Waals surface area (Å²) in [6, 6.07) is 16.6. The molecule has 0 saturated carbocycles. The minimum atomic E-state index is -3.28. The standard InChI is InChI=1S/C21H26N2O4S/c1-16(2)27-21(24)23-13-12-22(15-20(23)17-8-5-4-6-9-17)18-10-7-11-19(14-18)28(3,25)26/h4-11,14,16,20H,12-13,15H2,1-3H3. The maximum absolute atomic E-state index is 12.6. The first-order valence-electron chi connectivity index (χ1n) is 9.33. The molecule has 7 heteroatoms. The molecule has 1 fully saturated rings. The lowest BCUT2D eigenvalue weighted by atomic mass is 10.0. The van der Waals surface area contributed by atoms with E-state index in [1.165, 1.54) is 6.26 Å². The monoisotopic (exact) mass is 402 g/mol. The van der Waals surface area contributed by atoms with Gasteiger partial charge in [-0.25, -0.2) is 13.2 Å². The second kappa shape index (κ2) is 8.22. The van der Waals surface area contributed by atoms with Crippen LogP contribution in [0.4, 0.5) is 10.5 Å². The molecule has 0 bridgehead atoms. The Morgan fingerprint density at radius 1 is 1.07 bits per heavy atom. The number of ether oxygens (including phenoxy) is 1. The largest absolute Gasteiger partial charge is 0.447 e. The predicted molar refractivity (Wildman–Crippen MR) is 109 cm³/mol. The van der Waals surface area contributed by atoms with Gasteiger partial charge in [-0.1, -0.05) is 36.4 Å². The second-order valence-corrected chi connectivity index (χ2v) is 9.28. The highest BCUT2D eigenvalue weighted by Gasteiger charge is 2.33. The summed E-state index contributed by atoms with van der Waals surface area (Å²) in [4.78, 5) is 16.8.